The molecular weight excluding hydrogens is 440 g/mol. The van der Waals surface area contributed by atoms with E-state index in [9.17, 15) is 19.2 Å². The number of carboxylic acid groups (broad SMARTS) is 1. The molecule has 0 spiro atoms. The molecule has 3 aromatic carbocycles. The number of amides is 3. The number of benzene rings is 3. The summed E-state index contributed by atoms with van der Waals surface area (Å²) in [4.78, 5) is 49.3. The van der Waals surface area contributed by atoms with Gasteiger partial charge in [0.05, 0.1) is 10.5 Å². The van der Waals surface area contributed by atoms with Crippen LogP contribution >= 0.6 is 11.8 Å². The Morgan fingerprint density at radius 3 is 2.15 bits per heavy atom. The van der Waals surface area contributed by atoms with Gasteiger partial charge in [-0.15, -0.1) is 0 Å². The average molecular weight is 458 g/mol. The van der Waals surface area contributed by atoms with Crippen molar-refractivity contribution in [3.8, 4) is 11.1 Å². The van der Waals surface area contributed by atoms with Gasteiger partial charge in [-0.1, -0.05) is 54.6 Å². The van der Waals surface area contributed by atoms with Crippen LogP contribution in [0.2, 0.25) is 0 Å². The molecule has 0 atom stereocenters. The minimum absolute atomic E-state index is 0.0841. The third kappa shape index (κ3) is 5.19. The summed E-state index contributed by atoms with van der Waals surface area (Å²) in [5.74, 6) is -2.17. The first kappa shape index (κ1) is 22.0. The number of carbonyl (C=O) groups is 4. The van der Waals surface area contributed by atoms with Crippen molar-refractivity contribution < 1.29 is 24.3 Å². The van der Waals surface area contributed by atoms with Gasteiger partial charge in [-0.3, -0.25) is 19.3 Å². The second-order valence-electron chi connectivity index (χ2n) is 7.19. The molecule has 3 amide bonds. The number of aromatic carboxylic acids is 1. The van der Waals surface area contributed by atoms with Crippen LogP contribution in [0.3, 0.4) is 0 Å². The largest absolute Gasteiger partial charge is 0.478 e. The van der Waals surface area contributed by atoms with Crippen LogP contribution in [0.1, 0.15) is 15.9 Å². The summed E-state index contributed by atoms with van der Waals surface area (Å²) in [7, 11) is 0. The molecule has 0 saturated carbocycles. The third-order valence-electron chi connectivity index (χ3n) is 4.91. The molecule has 0 bridgehead atoms. The number of hydrogen-bond acceptors (Lipinski definition) is 5. The third-order valence-corrected chi connectivity index (χ3v) is 5.81. The second kappa shape index (κ2) is 9.54. The van der Waals surface area contributed by atoms with Crippen molar-refractivity contribution in [2.24, 2.45) is 0 Å². The number of rotatable bonds is 6. The zero-order chi connectivity index (χ0) is 23.4. The van der Waals surface area contributed by atoms with Gasteiger partial charge in [0.1, 0.15) is 6.54 Å². The molecule has 33 heavy (non-hydrogen) atoms. The molecule has 3 aromatic rings. The fraction of sp³-hybridized carbons (Fsp3) is 0.0400. The van der Waals surface area contributed by atoms with Crippen molar-refractivity contribution >= 4 is 46.5 Å². The number of carbonyl (C=O) groups excluding carboxylic acids is 3. The highest BCUT2D eigenvalue weighted by Crippen LogP contribution is 2.32. The van der Waals surface area contributed by atoms with Crippen molar-refractivity contribution in [2.75, 3.05) is 11.9 Å². The van der Waals surface area contributed by atoms with E-state index in [1.165, 1.54) is 24.3 Å². The average Bonchev–Trinajstić information content (AvgIpc) is 3.07. The van der Waals surface area contributed by atoms with Gasteiger partial charge < -0.3 is 10.4 Å². The lowest BCUT2D eigenvalue weighted by Crippen LogP contribution is -2.36. The Hall–Kier alpha value is -4.17. The molecule has 0 radical (unpaired) electrons. The van der Waals surface area contributed by atoms with E-state index in [2.05, 4.69) is 5.32 Å². The van der Waals surface area contributed by atoms with Gasteiger partial charge in [0.15, 0.2) is 0 Å². The Kier molecular flexibility index (Phi) is 6.37. The molecular formula is C25H18N2O5S. The van der Waals surface area contributed by atoms with Gasteiger partial charge in [-0.05, 0) is 58.8 Å². The van der Waals surface area contributed by atoms with Crippen LogP contribution < -0.4 is 5.32 Å². The number of imide groups is 1. The minimum Gasteiger partial charge on any atom is -0.478 e. The zero-order valence-corrected chi connectivity index (χ0v) is 18.0. The van der Waals surface area contributed by atoms with Crippen LogP contribution in [0.25, 0.3) is 17.2 Å². The number of nitrogens with one attached hydrogen (secondary N) is 1. The second-order valence-corrected chi connectivity index (χ2v) is 8.18. The van der Waals surface area contributed by atoms with Crippen molar-refractivity contribution in [2.45, 2.75) is 0 Å². The first-order valence-corrected chi connectivity index (χ1v) is 10.8. The van der Waals surface area contributed by atoms with E-state index < -0.39 is 29.6 Å². The van der Waals surface area contributed by atoms with Crippen LogP contribution in [-0.2, 0) is 9.59 Å². The highest BCUT2D eigenvalue weighted by atomic mass is 32.2. The fourth-order valence-corrected chi connectivity index (χ4v) is 4.07. The Morgan fingerprint density at radius 2 is 1.52 bits per heavy atom. The van der Waals surface area contributed by atoms with E-state index in [0.717, 1.165) is 33.4 Å². The van der Waals surface area contributed by atoms with Gasteiger partial charge in [0, 0.05) is 5.69 Å². The SMILES string of the molecule is O=C(CN1C(=O)S/C(=C\c2ccc(-c3ccccc3)cc2)C1=O)Nc1ccc(C(=O)O)cc1. The molecule has 8 heteroatoms. The summed E-state index contributed by atoms with van der Waals surface area (Å²) < 4.78 is 0. The maximum absolute atomic E-state index is 12.7. The maximum Gasteiger partial charge on any atom is 0.335 e. The summed E-state index contributed by atoms with van der Waals surface area (Å²) in [5.41, 5.74) is 3.33. The molecule has 1 aliphatic rings. The molecule has 4 rings (SSSR count). The number of carboxylic acids is 1. The van der Waals surface area contributed by atoms with Crippen LogP contribution in [0.4, 0.5) is 10.5 Å². The molecule has 164 valence electrons. The summed E-state index contributed by atoms with van der Waals surface area (Å²) in [6, 6.07) is 23.1. The van der Waals surface area contributed by atoms with Crippen molar-refractivity contribution in [3.63, 3.8) is 0 Å². The zero-order valence-electron chi connectivity index (χ0n) is 17.2. The molecule has 2 N–H and O–H groups in total. The van der Waals surface area contributed by atoms with Crippen LogP contribution in [0.5, 0.6) is 0 Å². The summed E-state index contributed by atoms with van der Waals surface area (Å²) in [6.07, 6.45) is 1.63. The van der Waals surface area contributed by atoms with Crippen molar-refractivity contribution in [3.05, 3.63) is 94.9 Å². The van der Waals surface area contributed by atoms with Gasteiger partial charge in [0.2, 0.25) is 5.91 Å². The van der Waals surface area contributed by atoms with E-state index in [4.69, 9.17) is 5.11 Å². The van der Waals surface area contributed by atoms with Crippen LogP contribution in [-0.4, -0.2) is 39.6 Å². The first-order chi connectivity index (χ1) is 15.9. The molecule has 1 aliphatic heterocycles. The summed E-state index contributed by atoms with van der Waals surface area (Å²) >= 11 is 0.784. The Bertz CT molecular complexity index is 1250. The molecule has 0 aromatic heterocycles. The summed E-state index contributed by atoms with van der Waals surface area (Å²) in [5, 5.41) is 11.0. The molecule has 0 aliphatic carbocycles. The maximum atomic E-state index is 12.7. The highest BCUT2D eigenvalue weighted by molar-refractivity contribution is 8.18. The number of nitrogens with zero attached hydrogens (tertiary/aromatic N) is 1. The van der Waals surface area contributed by atoms with Crippen molar-refractivity contribution in [1.29, 1.82) is 0 Å². The predicted octanol–water partition coefficient (Wildman–Crippen LogP) is 4.73. The standard InChI is InChI=1S/C25H18N2O5S/c28-22(26-20-12-10-19(11-13-20)24(30)31)15-27-23(29)21(33-25(27)32)14-16-6-8-18(9-7-16)17-4-2-1-3-5-17/h1-14H,15H2,(H,26,28)(H,30,31)/b21-14-. The van der Waals surface area contributed by atoms with Gasteiger partial charge in [-0.2, -0.15) is 0 Å². The first-order valence-electron chi connectivity index (χ1n) is 9.95. The topological polar surface area (TPSA) is 104 Å². The highest BCUT2D eigenvalue weighted by Gasteiger charge is 2.36. The van der Waals surface area contributed by atoms with E-state index >= 15 is 0 Å². The van der Waals surface area contributed by atoms with Crippen LogP contribution in [0, 0.1) is 0 Å². The molecule has 7 nitrogen and oxygen atoms in total. The quantitative estimate of drug-likeness (QED) is 0.518. The molecule has 1 heterocycles. The van der Waals surface area contributed by atoms with E-state index in [-0.39, 0.29) is 10.5 Å². The van der Waals surface area contributed by atoms with E-state index in [1.54, 1.807) is 6.08 Å². The Balaban J connectivity index is 1.41. The van der Waals surface area contributed by atoms with Crippen LogP contribution in [0.15, 0.2) is 83.8 Å². The Labute approximate surface area is 193 Å². The van der Waals surface area contributed by atoms with Gasteiger partial charge in [-0.25, -0.2) is 4.79 Å². The lowest BCUT2D eigenvalue weighted by molar-refractivity contribution is -0.127. The smallest absolute Gasteiger partial charge is 0.335 e. The lowest BCUT2D eigenvalue weighted by atomic mass is 10.0. The molecule has 1 fully saturated rings. The normalized spacial score (nSPS) is 14.5. The number of thioether (sulfide) groups is 1. The monoisotopic (exact) mass is 458 g/mol. The fourth-order valence-electron chi connectivity index (χ4n) is 3.23. The van der Waals surface area contributed by atoms with Crippen molar-refractivity contribution in [1.82, 2.24) is 4.90 Å². The van der Waals surface area contributed by atoms with Gasteiger partial charge >= 0.3 is 5.97 Å². The Morgan fingerprint density at radius 1 is 0.879 bits per heavy atom. The molecule has 1 saturated heterocycles. The van der Waals surface area contributed by atoms with Gasteiger partial charge in [0.25, 0.3) is 11.1 Å². The van der Waals surface area contributed by atoms with E-state index in [0.29, 0.717) is 5.69 Å². The predicted molar refractivity (Wildman–Crippen MR) is 127 cm³/mol. The lowest BCUT2D eigenvalue weighted by Gasteiger charge is -2.12. The van der Waals surface area contributed by atoms with E-state index in [1.807, 2.05) is 54.6 Å². The molecule has 0 unspecified atom stereocenters. The minimum atomic E-state index is -1.08. The summed E-state index contributed by atoms with van der Waals surface area (Å²) in [6.45, 7) is -0.435. The number of hydrogen-bond donors (Lipinski definition) is 2. The number of anilines is 1.